The molecule has 0 aromatic heterocycles. The number of aliphatic hydroxyl groups excluding tert-OH is 1. The Labute approximate surface area is 95.1 Å². The van der Waals surface area contributed by atoms with Crippen LogP contribution in [0.4, 0.5) is 0 Å². The average Bonchev–Trinajstić information content (AvgIpc) is 2.76. The molecule has 0 radical (unpaired) electrons. The van der Waals surface area contributed by atoms with Gasteiger partial charge in [-0.3, -0.25) is 0 Å². The first-order valence-electron chi connectivity index (χ1n) is 5.30. The zero-order valence-electron chi connectivity index (χ0n) is 9.26. The van der Waals surface area contributed by atoms with Crippen molar-refractivity contribution in [2.75, 3.05) is 13.7 Å². The van der Waals surface area contributed by atoms with E-state index < -0.39 is 5.72 Å². The maximum atomic E-state index is 8.88. The molecule has 1 heterocycles. The van der Waals surface area contributed by atoms with Crippen LogP contribution < -0.4 is 0 Å². The lowest BCUT2D eigenvalue weighted by Gasteiger charge is -2.22. The van der Waals surface area contributed by atoms with Crippen LogP contribution in [0.2, 0.25) is 0 Å². The van der Waals surface area contributed by atoms with E-state index in [-0.39, 0.29) is 6.61 Å². The van der Waals surface area contributed by atoms with E-state index in [1.54, 1.807) is 7.11 Å². The van der Waals surface area contributed by atoms with E-state index in [4.69, 9.17) is 9.84 Å². The Balaban J connectivity index is 2.33. The molecule has 3 nitrogen and oxygen atoms in total. The zero-order chi connectivity index (χ0) is 11.4. The quantitative estimate of drug-likeness (QED) is 0.836. The van der Waals surface area contributed by atoms with Crippen LogP contribution in [0.25, 0.3) is 0 Å². The highest BCUT2D eigenvalue weighted by Gasteiger charge is 2.31. The summed E-state index contributed by atoms with van der Waals surface area (Å²) in [5, 5.41) is 8.88. The summed E-state index contributed by atoms with van der Waals surface area (Å²) in [7, 11) is 1.64. The van der Waals surface area contributed by atoms with Crippen molar-refractivity contribution in [3.8, 4) is 0 Å². The molecule has 0 aliphatic carbocycles. The molecular formula is C13H15NO2. The van der Waals surface area contributed by atoms with E-state index in [1.807, 2.05) is 42.5 Å². The van der Waals surface area contributed by atoms with Gasteiger partial charge in [0.1, 0.15) is 0 Å². The maximum Gasteiger partial charge on any atom is 0.204 e. The number of ether oxygens (including phenoxy) is 1. The van der Waals surface area contributed by atoms with Crippen LogP contribution in [0.1, 0.15) is 12.0 Å². The number of benzene rings is 1. The normalized spacial score (nSPS) is 23.5. The van der Waals surface area contributed by atoms with Crippen LogP contribution in [0.15, 0.2) is 47.5 Å². The van der Waals surface area contributed by atoms with Crippen LogP contribution in [-0.4, -0.2) is 24.5 Å². The molecule has 0 fully saturated rings. The van der Waals surface area contributed by atoms with E-state index in [9.17, 15) is 0 Å². The second-order valence-corrected chi connectivity index (χ2v) is 3.68. The molecule has 2 rings (SSSR count). The van der Waals surface area contributed by atoms with Crippen LogP contribution in [0.3, 0.4) is 0 Å². The molecule has 1 atom stereocenters. The van der Waals surface area contributed by atoms with E-state index in [1.165, 1.54) is 0 Å². The molecule has 0 spiro atoms. The third kappa shape index (κ3) is 1.92. The van der Waals surface area contributed by atoms with Crippen LogP contribution in [0, 0.1) is 0 Å². The molecule has 0 bridgehead atoms. The van der Waals surface area contributed by atoms with Crippen molar-refractivity contribution >= 4 is 5.71 Å². The SMILES string of the molecule is COC1(c2ccccc2)C=CC(CCO)=N1. The smallest absolute Gasteiger partial charge is 0.204 e. The lowest BCUT2D eigenvalue weighted by molar-refractivity contribution is 0.0396. The lowest BCUT2D eigenvalue weighted by Crippen LogP contribution is -2.21. The number of methoxy groups -OCH3 is 1. The molecule has 1 aliphatic heterocycles. The van der Waals surface area contributed by atoms with Crippen molar-refractivity contribution in [1.82, 2.24) is 0 Å². The summed E-state index contributed by atoms with van der Waals surface area (Å²) < 4.78 is 5.51. The number of allylic oxidation sites excluding steroid dienone is 1. The second-order valence-electron chi connectivity index (χ2n) is 3.68. The van der Waals surface area contributed by atoms with Crippen molar-refractivity contribution in [3.63, 3.8) is 0 Å². The van der Waals surface area contributed by atoms with Gasteiger partial charge in [0, 0.05) is 31.4 Å². The molecule has 84 valence electrons. The van der Waals surface area contributed by atoms with Gasteiger partial charge in [-0.2, -0.15) is 0 Å². The molecule has 1 aromatic rings. The summed E-state index contributed by atoms with van der Waals surface area (Å²) in [5.41, 5.74) is 1.17. The molecule has 1 N–H and O–H groups in total. The largest absolute Gasteiger partial charge is 0.396 e. The number of hydrogen-bond donors (Lipinski definition) is 1. The average molecular weight is 217 g/mol. The van der Waals surface area contributed by atoms with Gasteiger partial charge in [-0.25, -0.2) is 4.99 Å². The van der Waals surface area contributed by atoms with Crippen molar-refractivity contribution in [3.05, 3.63) is 48.0 Å². The van der Waals surface area contributed by atoms with E-state index >= 15 is 0 Å². The lowest BCUT2D eigenvalue weighted by atomic mass is 10.0. The third-order valence-corrected chi connectivity index (χ3v) is 2.68. The minimum Gasteiger partial charge on any atom is -0.396 e. The van der Waals surface area contributed by atoms with E-state index in [0.29, 0.717) is 6.42 Å². The highest BCUT2D eigenvalue weighted by atomic mass is 16.5. The van der Waals surface area contributed by atoms with Gasteiger partial charge in [-0.05, 0) is 12.2 Å². The predicted molar refractivity (Wildman–Crippen MR) is 63.4 cm³/mol. The first-order valence-corrected chi connectivity index (χ1v) is 5.30. The fourth-order valence-electron chi connectivity index (χ4n) is 1.82. The van der Waals surface area contributed by atoms with E-state index in [0.717, 1.165) is 11.3 Å². The third-order valence-electron chi connectivity index (χ3n) is 2.68. The number of nitrogens with zero attached hydrogens (tertiary/aromatic N) is 1. The Bertz CT molecular complexity index is 411. The van der Waals surface area contributed by atoms with Crippen molar-refractivity contribution in [2.24, 2.45) is 4.99 Å². The molecule has 1 aliphatic rings. The fourth-order valence-corrected chi connectivity index (χ4v) is 1.82. The summed E-state index contributed by atoms with van der Waals surface area (Å²) in [5.74, 6) is 0. The van der Waals surface area contributed by atoms with Gasteiger partial charge in [-0.1, -0.05) is 30.3 Å². The van der Waals surface area contributed by atoms with Gasteiger partial charge in [0.2, 0.25) is 5.72 Å². The van der Waals surface area contributed by atoms with Gasteiger partial charge in [0.15, 0.2) is 0 Å². The predicted octanol–water partition coefficient (Wildman–Crippen LogP) is 1.88. The summed E-state index contributed by atoms with van der Waals surface area (Å²) in [6.07, 6.45) is 4.40. The minimum absolute atomic E-state index is 0.109. The standard InChI is InChI=1S/C13H15NO2/c1-16-13(11-5-3-2-4-6-11)9-7-12(14-13)8-10-15/h2-7,9,15H,8,10H2,1H3. The number of rotatable bonds is 4. The molecule has 1 aromatic carbocycles. The van der Waals surface area contributed by atoms with Crippen molar-refractivity contribution < 1.29 is 9.84 Å². The monoisotopic (exact) mass is 217 g/mol. The van der Waals surface area contributed by atoms with Crippen molar-refractivity contribution in [2.45, 2.75) is 12.1 Å². The first-order chi connectivity index (χ1) is 7.80. The minimum atomic E-state index is -0.703. The van der Waals surface area contributed by atoms with Crippen LogP contribution in [0.5, 0.6) is 0 Å². The summed E-state index contributed by atoms with van der Waals surface area (Å²) in [6, 6.07) is 9.86. The van der Waals surface area contributed by atoms with Crippen LogP contribution >= 0.6 is 0 Å². The zero-order valence-corrected chi connectivity index (χ0v) is 9.26. The summed E-state index contributed by atoms with van der Waals surface area (Å²) >= 11 is 0. The second kappa shape index (κ2) is 4.60. The fraction of sp³-hybridized carbons (Fsp3) is 0.308. The molecule has 0 saturated heterocycles. The Morgan fingerprint density at radius 2 is 2.06 bits per heavy atom. The topological polar surface area (TPSA) is 41.8 Å². The highest BCUT2D eigenvalue weighted by molar-refractivity contribution is 5.97. The van der Waals surface area contributed by atoms with Gasteiger partial charge >= 0.3 is 0 Å². The molecule has 1 unspecified atom stereocenters. The van der Waals surface area contributed by atoms with Gasteiger partial charge in [0.05, 0.1) is 0 Å². The first kappa shape index (κ1) is 11.0. The Hall–Kier alpha value is -1.45. The highest BCUT2D eigenvalue weighted by Crippen LogP contribution is 2.32. The molecule has 0 amide bonds. The Kier molecular flexibility index (Phi) is 3.17. The number of aliphatic imine (C=N–C) groups is 1. The van der Waals surface area contributed by atoms with Crippen molar-refractivity contribution in [1.29, 1.82) is 0 Å². The summed E-state index contributed by atoms with van der Waals surface area (Å²) in [4.78, 5) is 4.52. The number of aliphatic hydroxyl groups is 1. The molecule has 3 heteroatoms. The van der Waals surface area contributed by atoms with Gasteiger partial charge < -0.3 is 9.84 Å². The maximum absolute atomic E-state index is 8.88. The van der Waals surface area contributed by atoms with Crippen LogP contribution in [-0.2, 0) is 10.5 Å². The van der Waals surface area contributed by atoms with E-state index in [2.05, 4.69) is 4.99 Å². The number of hydrogen-bond acceptors (Lipinski definition) is 3. The van der Waals surface area contributed by atoms with Gasteiger partial charge in [0.25, 0.3) is 0 Å². The Morgan fingerprint density at radius 3 is 2.69 bits per heavy atom. The summed E-state index contributed by atoms with van der Waals surface area (Å²) in [6.45, 7) is 0.109. The van der Waals surface area contributed by atoms with Gasteiger partial charge in [-0.15, -0.1) is 0 Å². The molecule has 0 saturated carbocycles. The molecule has 16 heavy (non-hydrogen) atoms. The Morgan fingerprint density at radius 1 is 1.31 bits per heavy atom. The molecular weight excluding hydrogens is 202 g/mol.